The Hall–Kier alpha value is -1.52. The number of aliphatic hydroxyl groups excluding tert-OH is 3. The van der Waals surface area contributed by atoms with Gasteiger partial charge >= 0.3 is 5.69 Å². The minimum Gasteiger partial charge on any atom is -0.394 e. The number of hydrogen-bond donors (Lipinski definition) is 5. The van der Waals surface area contributed by atoms with E-state index in [9.17, 15) is 24.9 Å². The van der Waals surface area contributed by atoms with Crippen LogP contribution < -0.4 is 17.0 Å². The summed E-state index contributed by atoms with van der Waals surface area (Å²) in [5.41, 5.74) is 2.61. The topological polar surface area (TPSA) is 151 Å². The van der Waals surface area contributed by atoms with Crippen LogP contribution >= 0.6 is 0 Å². The molecule has 1 aliphatic rings. The zero-order chi connectivity index (χ0) is 17.7. The number of rotatable bonds is 8. The Balaban J connectivity index is 2.31. The molecule has 0 radical (unpaired) electrons. The number of aliphatic hydroxyl groups is 3. The van der Waals surface area contributed by atoms with Crippen LogP contribution in [-0.2, 0) is 10.5 Å². The zero-order valence-corrected chi connectivity index (χ0v) is 13.4. The van der Waals surface area contributed by atoms with Crippen molar-refractivity contribution in [2.45, 2.75) is 56.1 Å². The monoisotopic (exact) mass is 343 g/mol. The average Bonchev–Trinajstić information content (AvgIpc) is 2.80. The fourth-order valence-corrected chi connectivity index (χ4v) is 3.13. The van der Waals surface area contributed by atoms with Gasteiger partial charge in [-0.2, -0.15) is 0 Å². The molecule has 2 heterocycles. The van der Waals surface area contributed by atoms with Crippen LogP contribution in [0.2, 0.25) is 0 Å². The van der Waals surface area contributed by atoms with Gasteiger partial charge in [0.05, 0.1) is 6.61 Å². The molecule has 9 heteroatoms. The number of aromatic nitrogens is 2. The molecule has 0 aromatic carbocycles. The van der Waals surface area contributed by atoms with Gasteiger partial charge in [-0.1, -0.05) is 12.8 Å². The van der Waals surface area contributed by atoms with Crippen molar-refractivity contribution in [1.82, 2.24) is 9.55 Å². The second-order valence-electron chi connectivity index (χ2n) is 6.05. The van der Waals surface area contributed by atoms with Gasteiger partial charge in [-0.05, 0) is 25.8 Å². The van der Waals surface area contributed by atoms with E-state index in [1.165, 1.54) is 6.20 Å². The Labute approximate surface area is 138 Å². The van der Waals surface area contributed by atoms with E-state index in [0.29, 0.717) is 13.0 Å². The summed E-state index contributed by atoms with van der Waals surface area (Å²) < 4.78 is 6.79. The number of H-pyrrole nitrogens is 1. The highest BCUT2D eigenvalue weighted by Crippen LogP contribution is 2.38. The molecule has 9 nitrogen and oxygen atoms in total. The van der Waals surface area contributed by atoms with Crippen molar-refractivity contribution in [2.75, 3.05) is 13.2 Å². The predicted molar refractivity (Wildman–Crippen MR) is 85.4 cm³/mol. The van der Waals surface area contributed by atoms with Gasteiger partial charge in [0.25, 0.3) is 5.56 Å². The first-order chi connectivity index (χ1) is 11.5. The minimum absolute atomic E-state index is 0.248. The summed E-state index contributed by atoms with van der Waals surface area (Å²) in [6.45, 7) is 0.0974. The minimum atomic E-state index is -1.53. The van der Waals surface area contributed by atoms with Gasteiger partial charge in [0.2, 0.25) is 0 Å². The number of nitrogens with one attached hydrogen (secondary N) is 1. The van der Waals surface area contributed by atoms with Gasteiger partial charge < -0.3 is 25.8 Å². The first-order valence-electron chi connectivity index (χ1n) is 8.13. The average molecular weight is 343 g/mol. The molecular weight excluding hydrogens is 318 g/mol. The molecule has 0 spiro atoms. The van der Waals surface area contributed by atoms with Gasteiger partial charge in [-0.25, -0.2) is 4.79 Å². The Bertz CT molecular complexity index is 645. The molecule has 1 aromatic rings. The first-order valence-corrected chi connectivity index (χ1v) is 8.13. The van der Waals surface area contributed by atoms with E-state index in [4.69, 9.17) is 10.5 Å². The Morgan fingerprint density at radius 2 is 1.96 bits per heavy atom. The van der Waals surface area contributed by atoms with Crippen LogP contribution in [0.4, 0.5) is 0 Å². The van der Waals surface area contributed by atoms with Gasteiger partial charge in [0.15, 0.2) is 5.72 Å². The Kier molecular flexibility index (Phi) is 6.30. The van der Waals surface area contributed by atoms with E-state index >= 15 is 0 Å². The number of aromatic amines is 1. The highest BCUT2D eigenvalue weighted by molar-refractivity contribution is 5.01. The van der Waals surface area contributed by atoms with E-state index in [-0.39, 0.29) is 6.42 Å². The number of nitrogens with two attached hydrogens (primary N) is 1. The lowest BCUT2D eigenvalue weighted by Gasteiger charge is -2.34. The number of nitrogens with zero attached hydrogens (tertiary/aromatic N) is 1. The molecule has 0 aliphatic carbocycles. The van der Waals surface area contributed by atoms with Crippen molar-refractivity contribution < 1.29 is 20.1 Å². The standard InChI is InChI=1S/C15H25N3O6/c16-7-4-2-1-3-6-15(13(22)12(21)10(9-19)24-15)18-8-5-11(20)17-14(18)23/h5,8,10,12-13,19,21-22H,1-4,6-7,9,16H2,(H,17,20,23)/t10-,12-,13-,15-/m1/s1. The lowest BCUT2D eigenvalue weighted by molar-refractivity contribution is -0.156. The van der Waals surface area contributed by atoms with Crippen LogP contribution in [0, 0.1) is 0 Å². The summed E-state index contributed by atoms with van der Waals surface area (Å²) in [5, 5.41) is 29.9. The summed E-state index contributed by atoms with van der Waals surface area (Å²) in [4.78, 5) is 25.6. The summed E-state index contributed by atoms with van der Waals surface area (Å²) in [5.74, 6) is 0. The molecule has 1 fully saturated rings. The summed E-state index contributed by atoms with van der Waals surface area (Å²) >= 11 is 0. The van der Waals surface area contributed by atoms with Crippen LogP contribution in [0.25, 0.3) is 0 Å². The molecule has 24 heavy (non-hydrogen) atoms. The molecule has 0 unspecified atom stereocenters. The zero-order valence-electron chi connectivity index (χ0n) is 13.4. The maximum Gasteiger partial charge on any atom is 0.330 e. The lowest BCUT2D eigenvalue weighted by Crippen LogP contribution is -2.51. The number of hydrogen-bond acceptors (Lipinski definition) is 7. The fourth-order valence-electron chi connectivity index (χ4n) is 3.13. The van der Waals surface area contributed by atoms with Gasteiger partial charge in [-0.3, -0.25) is 14.3 Å². The maximum absolute atomic E-state index is 12.2. The highest BCUT2D eigenvalue weighted by Gasteiger charge is 2.55. The van der Waals surface area contributed by atoms with E-state index < -0.39 is 41.9 Å². The molecule has 1 saturated heterocycles. The van der Waals surface area contributed by atoms with E-state index in [0.717, 1.165) is 29.9 Å². The van der Waals surface area contributed by atoms with Crippen molar-refractivity contribution in [3.63, 3.8) is 0 Å². The molecule has 1 aliphatic heterocycles. The predicted octanol–water partition coefficient (Wildman–Crippen LogP) is -1.79. The van der Waals surface area contributed by atoms with Crippen LogP contribution in [0.15, 0.2) is 21.9 Å². The quantitative estimate of drug-likeness (QED) is 0.350. The van der Waals surface area contributed by atoms with Crippen LogP contribution in [0.3, 0.4) is 0 Å². The maximum atomic E-state index is 12.2. The summed E-state index contributed by atoms with van der Waals surface area (Å²) in [6, 6.07) is 1.15. The fraction of sp³-hybridized carbons (Fsp3) is 0.733. The van der Waals surface area contributed by atoms with Crippen molar-refractivity contribution >= 4 is 0 Å². The molecule has 136 valence electrons. The van der Waals surface area contributed by atoms with Crippen molar-refractivity contribution in [3.8, 4) is 0 Å². The van der Waals surface area contributed by atoms with E-state index in [1.54, 1.807) is 0 Å². The van der Waals surface area contributed by atoms with Crippen molar-refractivity contribution in [3.05, 3.63) is 33.1 Å². The highest BCUT2D eigenvalue weighted by atomic mass is 16.6. The van der Waals surface area contributed by atoms with E-state index in [1.807, 2.05) is 0 Å². The van der Waals surface area contributed by atoms with Crippen molar-refractivity contribution in [2.24, 2.45) is 5.73 Å². The molecule has 0 saturated carbocycles. The third-order valence-electron chi connectivity index (χ3n) is 4.42. The summed E-state index contributed by atoms with van der Waals surface area (Å²) in [6.07, 6.45) is 0.926. The Morgan fingerprint density at radius 3 is 2.54 bits per heavy atom. The smallest absolute Gasteiger partial charge is 0.330 e. The molecular formula is C15H25N3O6. The van der Waals surface area contributed by atoms with Crippen LogP contribution in [0.5, 0.6) is 0 Å². The van der Waals surface area contributed by atoms with Crippen LogP contribution in [0.1, 0.15) is 32.1 Å². The normalized spacial score (nSPS) is 29.9. The summed E-state index contributed by atoms with van der Waals surface area (Å²) in [7, 11) is 0. The molecule has 1 aromatic heterocycles. The molecule has 6 N–H and O–H groups in total. The lowest BCUT2D eigenvalue weighted by atomic mass is 9.96. The second kappa shape index (κ2) is 8.04. The Morgan fingerprint density at radius 1 is 1.25 bits per heavy atom. The van der Waals surface area contributed by atoms with Crippen LogP contribution in [-0.4, -0.2) is 56.3 Å². The third kappa shape index (κ3) is 3.60. The van der Waals surface area contributed by atoms with Gasteiger partial charge in [0.1, 0.15) is 18.3 Å². The third-order valence-corrected chi connectivity index (χ3v) is 4.42. The SMILES string of the molecule is NCCCCCC[C@@]1(n2ccc(=O)[nH]c2=O)O[C@H](CO)[C@@H](O)[C@H]1O. The number of ether oxygens (including phenoxy) is 1. The number of unbranched alkanes of at least 4 members (excludes halogenated alkanes) is 3. The second-order valence-corrected chi connectivity index (χ2v) is 6.05. The first kappa shape index (κ1) is 18.8. The van der Waals surface area contributed by atoms with Gasteiger partial charge in [0, 0.05) is 12.3 Å². The molecule has 2 rings (SSSR count). The molecule has 0 amide bonds. The molecule has 0 bridgehead atoms. The van der Waals surface area contributed by atoms with Gasteiger partial charge in [-0.15, -0.1) is 0 Å². The largest absolute Gasteiger partial charge is 0.394 e. The molecule has 4 atom stereocenters. The van der Waals surface area contributed by atoms with E-state index in [2.05, 4.69) is 4.98 Å². The van der Waals surface area contributed by atoms with Crippen molar-refractivity contribution in [1.29, 1.82) is 0 Å².